The highest BCUT2D eigenvalue weighted by atomic mass is 35.5. The van der Waals surface area contributed by atoms with Crippen molar-refractivity contribution in [1.82, 2.24) is 10.3 Å². The van der Waals surface area contributed by atoms with Crippen molar-refractivity contribution in [1.29, 1.82) is 0 Å². The van der Waals surface area contributed by atoms with Gasteiger partial charge in [0.15, 0.2) is 11.5 Å². The first-order valence-corrected chi connectivity index (χ1v) is 14.3. The molecule has 1 atom stereocenters. The molecule has 0 saturated carbocycles. The maximum Gasteiger partial charge on any atom is 0.252 e. The number of aryl methyl sites for hydroxylation is 2. The first-order valence-electron chi connectivity index (χ1n) is 13.1. The van der Waals surface area contributed by atoms with Crippen molar-refractivity contribution in [2.45, 2.75) is 25.3 Å². The van der Waals surface area contributed by atoms with E-state index in [-0.39, 0.29) is 12.5 Å². The number of thiophene rings is 1. The minimum atomic E-state index is -0.459. The molecule has 6 nitrogen and oxygen atoms in total. The number of H-pyrrole nitrogens is 1. The van der Waals surface area contributed by atoms with Crippen LogP contribution in [0.5, 0.6) is 11.5 Å². The Balaban J connectivity index is 1.40. The van der Waals surface area contributed by atoms with Crippen molar-refractivity contribution in [2.24, 2.45) is 0 Å². The zero-order valence-corrected chi connectivity index (χ0v) is 23.8. The number of para-hydroxylation sites is 1. The second-order valence-electron chi connectivity index (χ2n) is 9.94. The zero-order valence-electron chi connectivity index (χ0n) is 22.2. The molecule has 0 saturated heterocycles. The molecule has 0 bridgehead atoms. The Bertz CT molecular complexity index is 1720. The average molecular weight is 573 g/mol. The molecule has 0 aliphatic heterocycles. The predicted octanol–water partition coefficient (Wildman–Crippen LogP) is 6.67. The van der Waals surface area contributed by atoms with Crippen molar-refractivity contribution in [3.05, 3.63) is 93.5 Å². The molecule has 5 aromatic rings. The lowest BCUT2D eigenvalue weighted by Crippen LogP contribution is -2.39. The van der Waals surface area contributed by atoms with Crippen LogP contribution in [-0.4, -0.2) is 42.9 Å². The quantitative estimate of drug-likeness (QED) is 0.194. The lowest BCUT2D eigenvalue weighted by atomic mass is 9.82. The number of benzene rings is 3. The van der Waals surface area contributed by atoms with Gasteiger partial charge in [0.2, 0.25) is 0 Å². The molecule has 1 aliphatic carbocycles. The number of aromatic nitrogens is 1. The van der Waals surface area contributed by atoms with E-state index in [0.29, 0.717) is 27.8 Å². The van der Waals surface area contributed by atoms with Gasteiger partial charge in [0, 0.05) is 33.1 Å². The summed E-state index contributed by atoms with van der Waals surface area (Å²) in [6.45, 7) is -0.184. The van der Waals surface area contributed by atoms with E-state index in [4.69, 9.17) is 21.1 Å². The number of halogens is 1. The Morgan fingerprint density at radius 2 is 1.73 bits per heavy atom. The van der Waals surface area contributed by atoms with Crippen molar-refractivity contribution in [2.75, 3.05) is 20.8 Å². The van der Waals surface area contributed by atoms with Gasteiger partial charge in [0.1, 0.15) is 0 Å². The normalized spacial score (nSPS) is 13.0. The van der Waals surface area contributed by atoms with E-state index >= 15 is 0 Å². The van der Waals surface area contributed by atoms with Crippen LogP contribution in [0.3, 0.4) is 0 Å². The van der Waals surface area contributed by atoms with Gasteiger partial charge in [-0.25, -0.2) is 0 Å². The Hall–Kier alpha value is -3.78. The number of methoxy groups -OCH3 is 2. The Morgan fingerprint density at radius 1 is 1.00 bits per heavy atom. The number of hydrogen-bond acceptors (Lipinski definition) is 5. The molecule has 0 spiro atoms. The average Bonchev–Trinajstić information content (AvgIpc) is 3.61. The third kappa shape index (κ3) is 4.85. The van der Waals surface area contributed by atoms with Crippen LogP contribution in [-0.2, 0) is 19.3 Å². The summed E-state index contributed by atoms with van der Waals surface area (Å²) in [7, 11) is 3.26. The largest absolute Gasteiger partial charge is 0.493 e. The van der Waals surface area contributed by atoms with Gasteiger partial charge in [-0.05, 0) is 89.5 Å². The zero-order chi connectivity index (χ0) is 27.8. The summed E-state index contributed by atoms with van der Waals surface area (Å²) < 4.78 is 11.8. The van der Waals surface area contributed by atoms with E-state index in [2.05, 4.69) is 16.4 Å². The van der Waals surface area contributed by atoms with Crippen molar-refractivity contribution >= 4 is 39.7 Å². The predicted molar refractivity (Wildman–Crippen MR) is 161 cm³/mol. The number of fused-ring (bicyclic) bond motifs is 4. The molecule has 3 N–H and O–H groups in total. The lowest BCUT2D eigenvalue weighted by molar-refractivity contribution is 0.0917. The van der Waals surface area contributed by atoms with Crippen LogP contribution in [0.25, 0.3) is 32.5 Å². The van der Waals surface area contributed by atoms with Crippen LogP contribution in [0.1, 0.15) is 27.0 Å². The SMILES string of the molecule is COc1cc2c(cc1OC)-c1cc(C(=O)N[C@@H](CO)Cc3c[nH]c4ccccc34)c(-c3ccc(Cl)s3)cc1CC2. The number of carbonyl (C=O) groups is 1. The Morgan fingerprint density at radius 3 is 2.45 bits per heavy atom. The molecule has 8 heteroatoms. The third-order valence-corrected chi connectivity index (χ3v) is 8.85. The molecule has 204 valence electrons. The van der Waals surface area contributed by atoms with Gasteiger partial charge in [-0.3, -0.25) is 4.79 Å². The molecule has 0 fully saturated rings. The first kappa shape index (κ1) is 26.4. The van der Waals surface area contributed by atoms with Gasteiger partial charge < -0.3 is 24.9 Å². The van der Waals surface area contributed by atoms with Crippen LogP contribution in [0.15, 0.2) is 66.9 Å². The third-order valence-electron chi connectivity index (χ3n) is 7.59. The molecular formula is C32H29ClN2O4S. The van der Waals surface area contributed by atoms with Gasteiger partial charge in [0.25, 0.3) is 5.91 Å². The topological polar surface area (TPSA) is 83.6 Å². The summed E-state index contributed by atoms with van der Waals surface area (Å²) in [5, 5.41) is 14.4. The van der Waals surface area contributed by atoms with E-state index in [9.17, 15) is 9.90 Å². The number of carbonyl (C=O) groups excluding carboxylic acids is 1. The molecule has 2 aromatic heterocycles. The van der Waals surface area contributed by atoms with Crippen LogP contribution in [0, 0.1) is 0 Å². The molecule has 0 radical (unpaired) electrons. The van der Waals surface area contributed by atoms with Gasteiger partial charge in [0.05, 0.1) is 31.2 Å². The summed E-state index contributed by atoms with van der Waals surface area (Å²) in [6.07, 6.45) is 4.13. The summed E-state index contributed by atoms with van der Waals surface area (Å²) in [5.74, 6) is 1.10. The number of rotatable bonds is 8. The highest BCUT2D eigenvalue weighted by molar-refractivity contribution is 7.19. The standard InChI is InChI=1S/C32H29ClN2O4S/c1-38-28-13-19-8-7-18-12-25(30-9-10-31(33)40-30)26(14-23(18)24(19)15-29(28)39-2)32(37)35-21(17-36)11-20-16-34-27-6-4-3-5-22(20)27/h3-6,9-10,12-16,21,34,36H,7-8,11,17H2,1-2H3,(H,35,37)/t21-/m1/s1. The highest BCUT2D eigenvalue weighted by Crippen LogP contribution is 2.44. The van der Waals surface area contributed by atoms with Gasteiger partial charge >= 0.3 is 0 Å². The molecule has 1 amide bonds. The Labute approximate surface area is 241 Å². The minimum absolute atomic E-state index is 0.184. The smallest absolute Gasteiger partial charge is 0.252 e. The van der Waals surface area contributed by atoms with Crippen LogP contribution < -0.4 is 14.8 Å². The number of aliphatic hydroxyl groups excluding tert-OH is 1. The molecular weight excluding hydrogens is 544 g/mol. The van der Waals surface area contributed by atoms with Crippen molar-refractivity contribution < 1.29 is 19.4 Å². The molecule has 40 heavy (non-hydrogen) atoms. The number of aromatic amines is 1. The van der Waals surface area contributed by atoms with E-state index in [0.717, 1.165) is 62.0 Å². The molecule has 2 heterocycles. The molecule has 0 unspecified atom stereocenters. The van der Waals surface area contributed by atoms with E-state index < -0.39 is 6.04 Å². The minimum Gasteiger partial charge on any atom is -0.493 e. The fraction of sp³-hybridized carbons (Fsp3) is 0.219. The number of ether oxygens (including phenoxy) is 2. The second kappa shape index (κ2) is 11.0. The molecule has 6 rings (SSSR count). The highest BCUT2D eigenvalue weighted by Gasteiger charge is 2.25. The van der Waals surface area contributed by atoms with Crippen LogP contribution in [0.4, 0.5) is 0 Å². The number of aliphatic hydroxyl groups is 1. The van der Waals surface area contributed by atoms with Crippen LogP contribution in [0.2, 0.25) is 4.34 Å². The van der Waals surface area contributed by atoms with Crippen LogP contribution >= 0.6 is 22.9 Å². The monoisotopic (exact) mass is 572 g/mol. The fourth-order valence-corrected chi connectivity index (χ4v) is 6.66. The maximum absolute atomic E-state index is 13.9. The number of amides is 1. The van der Waals surface area contributed by atoms with E-state index in [1.165, 1.54) is 11.3 Å². The fourth-order valence-electron chi connectivity index (χ4n) is 5.59. The second-order valence-corrected chi connectivity index (χ2v) is 11.7. The summed E-state index contributed by atoms with van der Waals surface area (Å²) in [5.41, 5.74) is 7.78. The van der Waals surface area contributed by atoms with E-state index in [1.54, 1.807) is 14.2 Å². The first-order chi connectivity index (χ1) is 19.5. The number of hydrogen-bond donors (Lipinski definition) is 3. The summed E-state index contributed by atoms with van der Waals surface area (Å²) >= 11 is 7.75. The lowest BCUT2D eigenvalue weighted by Gasteiger charge is -2.24. The molecule has 3 aromatic carbocycles. The summed E-state index contributed by atoms with van der Waals surface area (Å²) in [4.78, 5) is 18.1. The van der Waals surface area contributed by atoms with E-state index in [1.807, 2.05) is 60.8 Å². The van der Waals surface area contributed by atoms with Gasteiger partial charge in [-0.15, -0.1) is 11.3 Å². The summed E-state index contributed by atoms with van der Waals surface area (Å²) in [6, 6.07) is 19.5. The van der Waals surface area contributed by atoms with Gasteiger partial charge in [-0.2, -0.15) is 0 Å². The Kier molecular flexibility index (Phi) is 7.27. The van der Waals surface area contributed by atoms with Crippen molar-refractivity contribution in [3.8, 4) is 33.1 Å². The number of nitrogens with one attached hydrogen (secondary N) is 2. The molecule has 1 aliphatic rings. The maximum atomic E-state index is 13.9. The van der Waals surface area contributed by atoms with Gasteiger partial charge in [-0.1, -0.05) is 29.8 Å². The van der Waals surface area contributed by atoms with Crippen molar-refractivity contribution in [3.63, 3.8) is 0 Å².